The molecule has 0 saturated carbocycles. The molecule has 0 aliphatic carbocycles. The SMILES string of the molecule is COC(CNC(=O)Nc1ccc(C)c(C)c1)c1ccccc1C. The van der Waals surface area contributed by atoms with E-state index in [0.717, 1.165) is 22.4 Å². The minimum atomic E-state index is -0.233. The Labute approximate surface area is 137 Å². The van der Waals surface area contributed by atoms with Gasteiger partial charge in [-0.1, -0.05) is 30.3 Å². The Hall–Kier alpha value is -2.33. The van der Waals surface area contributed by atoms with E-state index in [-0.39, 0.29) is 12.1 Å². The van der Waals surface area contributed by atoms with Crippen molar-refractivity contribution in [2.45, 2.75) is 26.9 Å². The highest BCUT2D eigenvalue weighted by atomic mass is 16.5. The molecule has 23 heavy (non-hydrogen) atoms. The third kappa shape index (κ3) is 4.57. The topological polar surface area (TPSA) is 50.4 Å². The van der Waals surface area contributed by atoms with Crippen LogP contribution in [0.15, 0.2) is 42.5 Å². The third-order valence-corrected chi connectivity index (χ3v) is 4.03. The molecular weight excluding hydrogens is 288 g/mol. The van der Waals surface area contributed by atoms with Crippen molar-refractivity contribution in [1.29, 1.82) is 0 Å². The van der Waals surface area contributed by atoms with Crippen molar-refractivity contribution in [3.63, 3.8) is 0 Å². The molecule has 0 bridgehead atoms. The van der Waals surface area contributed by atoms with Crippen molar-refractivity contribution >= 4 is 11.7 Å². The molecule has 0 heterocycles. The lowest BCUT2D eigenvalue weighted by molar-refractivity contribution is 0.104. The number of amides is 2. The van der Waals surface area contributed by atoms with Gasteiger partial charge in [-0.25, -0.2) is 4.79 Å². The second-order valence-electron chi connectivity index (χ2n) is 5.71. The molecule has 2 aromatic carbocycles. The summed E-state index contributed by atoms with van der Waals surface area (Å²) in [4.78, 5) is 12.1. The zero-order valence-corrected chi connectivity index (χ0v) is 14.1. The van der Waals surface area contributed by atoms with Crippen molar-refractivity contribution in [2.24, 2.45) is 0 Å². The Bertz CT molecular complexity index is 683. The largest absolute Gasteiger partial charge is 0.375 e. The molecule has 1 unspecified atom stereocenters. The Morgan fingerprint density at radius 3 is 2.43 bits per heavy atom. The Balaban J connectivity index is 1.94. The molecule has 4 heteroatoms. The fourth-order valence-electron chi connectivity index (χ4n) is 2.45. The van der Waals surface area contributed by atoms with Crippen LogP contribution in [-0.4, -0.2) is 19.7 Å². The van der Waals surface area contributed by atoms with Crippen LogP contribution in [0.25, 0.3) is 0 Å². The maximum absolute atomic E-state index is 12.1. The van der Waals surface area contributed by atoms with E-state index in [9.17, 15) is 4.79 Å². The second kappa shape index (κ2) is 7.79. The summed E-state index contributed by atoms with van der Waals surface area (Å²) in [5, 5.41) is 5.72. The third-order valence-electron chi connectivity index (χ3n) is 4.03. The number of carbonyl (C=O) groups is 1. The number of urea groups is 1. The van der Waals surface area contributed by atoms with Gasteiger partial charge >= 0.3 is 6.03 Å². The smallest absolute Gasteiger partial charge is 0.319 e. The molecule has 0 spiro atoms. The van der Waals surface area contributed by atoms with Gasteiger partial charge in [-0.2, -0.15) is 0 Å². The predicted molar refractivity (Wildman–Crippen MR) is 93.9 cm³/mol. The van der Waals surface area contributed by atoms with Crippen LogP contribution in [-0.2, 0) is 4.74 Å². The number of anilines is 1. The summed E-state index contributed by atoms with van der Waals surface area (Å²) in [7, 11) is 1.65. The van der Waals surface area contributed by atoms with E-state index in [1.807, 2.05) is 63.2 Å². The maximum atomic E-state index is 12.1. The summed E-state index contributed by atoms with van der Waals surface area (Å²) in [5.41, 5.74) is 5.38. The van der Waals surface area contributed by atoms with Gasteiger partial charge in [-0.15, -0.1) is 0 Å². The number of hydrogen-bond donors (Lipinski definition) is 2. The molecule has 2 rings (SSSR count). The Morgan fingerprint density at radius 2 is 1.78 bits per heavy atom. The van der Waals surface area contributed by atoms with Crippen LogP contribution in [0.1, 0.15) is 28.4 Å². The van der Waals surface area contributed by atoms with E-state index in [1.54, 1.807) is 7.11 Å². The van der Waals surface area contributed by atoms with Gasteiger partial charge in [-0.3, -0.25) is 0 Å². The molecule has 0 radical (unpaired) electrons. The monoisotopic (exact) mass is 312 g/mol. The molecule has 2 amide bonds. The number of methoxy groups -OCH3 is 1. The number of hydrogen-bond acceptors (Lipinski definition) is 2. The van der Waals surface area contributed by atoms with Crippen LogP contribution in [0, 0.1) is 20.8 Å². The first-order valence-corrected chi connectivity index (χ1v) is 7.71. The van der Waals surface area contributed by atoms with E-state index in [2.05, 4.69) is 10.6 Å². The predicted octanol–water partition coefficient (Wildman–Crippen LogP) is 4.12. The number of aryl methyl sites for hydroxylation is 3. The molecule has 2 N–H and O–H groups in total. The first kappa shape index (κ1) is 17.0. The van der Waals surface area contributed by atoms with Gasteiger partial charge in [0.15, 0.2) is 0 Å². The number of nitrogens with one attached hydrogen (secondary N) is 2. The highest BCUT2D eigenvalue weighted by Crippen LogP contribution is 2.19. The molecule has 0 saturated heterocycles. The van der Waals surface area contributed by atoms with Crippen molar-refractivity contribution in [1.82, 2.24) is 5.32 Å². The lowest BCUT2D eigenvalue weighted by atomic mass is 10.0. The molecule has 122 valence electrons. The zero-order chi connectivity index (χ0) is 16.8. The maximum Gasteiger partial charge on any atom is 0.319 e. The number of ether oxygens (including phenoxy) is 1. The van der Waals surface area contributed by atoms with E-state index < -0.39 is 0 Å². The van der Waals surface area contributed by atoms with Gasteiger partial charge in [0.05, 0.1) is 6.10 Å². The number of carbonyl (C=O) groups excluding carboxylic acids is 1. The second-order valence-corrected chi connectivity index (χ2v) is 5.71. The summed E-state index contributed by atoms with van der Waals surface area (Å²) >= 11 is 0. The van der Waals surface area contributed by atoms with E-state index >= 15 is 0 Å². The minimum absolute atomic E-state index is 0.165. The average Bonchev–Trinajstić information content (AvgIpc) is 2.53. The summed E-state index contributed by atoms with van der Waals surface area (Å²) in [6.45, 7) is 6.52. The van der Waals surface area contributed by atoms with E-state index in [1.165, 1.54) is 5.56 Å². The molecule has 1 atom stereocenters. The zero-order valence-electron chi connectivity index (χ0n) is 14.1. The number of rotatable bonds is 5. The highest BCUT2D eigenvalue weighted by Gasteiger charge is 2.14. The Kier molecular flexibility index (Phi) is 5.77. The van der Waals surface area contributed by atoms with Gasteiger partial charge in [-0.05, 0) is 55.2 Å². The van der Waals surface area contributed by atoms with Crippen LogP contribution in [0.3, 0.4) is 0 Å². The first-order valence-electron chi connectivity index (χ1n) is 7.71. The Morgan fingerprint density at radius 1 is 1.04 bits per heavy atom. The van der Waals surface area contributed by atoms with E-state index in [4.69, 9.17) is 4.74 Å². The molecule has 0 aliphatic rings. The summed E-state index contributed by atoms with van der Waals surface area (Å²) in [6.07, 6.45) is -0.165. The fraction of sp³-hybridized carbons (Fsp3) is 0.316. The van der Waals surface area contributed by atoms with Gasteiger partial charge in [0, 0.05) is 19.3 Å². The van der Waals surface area contributed by atoms with Gasteiger partial charge in [0.25, 0.3) is 0 Å². The molecule has 0 aromatic heterocycles. The van der Waals surface area contributed by atoms with Crippen LogP contribution in [0.2, 0.25) is 0 Å². The van der Waals surface area contributed by atoms with Gasteiger partial charge in [0.2, 0.25) is 0 Å². The van der Waals surface area contributed by atoms with Crippen LogP contribution in [0.5, 0.6) is 0 Å². The first-order chi connectivity index (χ1) is 11.0. The van der Waals surface area contributed by atoms with Crippen LogP contribution >= 0.6 is 0 Å². The highest BCUT2D eigenvalue weighted by molar-refractivity contribution is 5.89. The van der Waals surface area contributed by atoms with E-state index in [0.29, 0.717) is 6.54 Å². The van der Waals surface area contributed by atoms with Crippen molar-refractivity contribution in [3.8, 4) is 0 Å². The molecule has 2 aromatic rings. The van der Waals surface area contributed by atoms with Crippen LogP contribution in [0.4, 0.5) is 10.5 Å². The molecule has 4 nitrogen and oxygen atoms in total. The fourth-order valence-corrected chi connectivity index (χ4v) is 2.45. The molecule has 0 fully saturated rings. The summed E-state index contributed by atoms with van der Waals surface area (Å²) in [5.74, 6) is 0. The quantitative estimate of drug-likeness (QED) is 0.872. The average molecular weight is 312 g/mol. The van der Waals surface area contributed by atoms with Gasteiger partial charge < -0.3 is 15.4 Å². The van der Waals surface area contributed by atoms with Crippen molar-refractivity contribution in [2.75, 3.05) is 19.0 Å². The van der Waals surface area contributed by atoms with Gasteiger partial charge in [0.1, 0.15) is 0 Å². The lowest BCUT2D eigenvalue weighted by Crippen LogP contribution is -2.33. The molecule has 0 aliphatic heterocycles. The van der Waals surface area contributed by atoms with Crippen molar-refractivity contribution < 1.29 is 9.53 Å². The normalized spacial score (nSPS) is 11.8. The van der Waals surface area contributed by atoms with Crippen LogP contribution < -0.4 is 10.6 Å². The minimum Gasteiger partial charge on any atom is -0.375 e. The lowest BCUT2D eigenvalue weighted by Gasteiger charge is -2.19. The summed E-state index contributed by atoms with van der Waals surface area (Å²) < 4.78 is 5.51. The molecular formula is C19H24N2O2. The van der Waals surface area contributed by atoms with Crippen molar-refractivity contribution in [3.05, 3.63) is 64.7 Å². The summed E-state index contributed by atoms with van der Waals surface area (Å²) in [6, 6.07) is 13.7. The number of benzene rings is 2. The standard InChI is InChI=1S/C19H24N2O2/c1-13-9-10-16(11-15(13)3)21-19(22)20-12-18(23-4)17-8-6-5-7-14(17)2/h5-11,18H,12H2,1-4H3,(H2,20,21,22).